The van der Waals surface area contributed by atoms with Crippen LogP contribution in [0.3, 0.4) is 0 Å². The molecule has 0 bridgehead atoms. The van der Waals surface area contributed by atoms with E-state index in [1.54, 1.807) is 18.3 Å². The predicted molar refractivity (Wildman–Crippen MR) is 86.2 cm³/mol. The second kappa shape index (κ2) is 6.27. The van der Waals surface area contributed by atoms with Gasteiger partial charge >= 0.3 is 0 Å². The molecule has 0 radical (unpaired) electrons. The fraction of sp³-hybridized carbons (Fsp3) is 0.286. The third kappa shape index (κ3) is 3.72. The van der Waals surface area contributed by atoms with Crippen LogP contribution in [0.4, 0.5) is 5.69 Å². The third-order valence-corrected chi connectivity index (χ3v) is 4.76. The summed E-state index contributed by atoms with van der Waals surface area (Å²) < 4.78 is 1.13. The molecule has 0 saturated heterocycles. The van der Waals surface area contributed by atoms with E-state index in [2.05, 4.69) is 32.3 Å². The van der Waals surface area contributed by atoms with E-state index in [-0.39, 0.29) is 0 Å². The molecular weight excluding hydrogens is 346 g/mol. The summed E-state index contributed by atoms with van der Waals surface area (Å²) in [6, 6.07) is 7.79. The average Bonchev–Trinajstić information content (AvgIpc) is 2.74. The van der Waals surface area contributed by atoms with Crippen LogP contribution in [-0.2, 0) is 6.54 Å². The van der Waals surface area contributed by atoms with Crippen molar-refractivity contribution in [3.8, 4) is 0 Å². The van der Waals surface area contributed by atoms with Crippen LogP contribution in [0.2, 0.25) is 5.02 Å². The molecule has 0 spiro atoms. The minimum Gasteiger partial charge on any atom is -0.389 e. The minimum absolute atomic E-state index is 0.496. The SMILES string of the molecule is C[C@@H](O)c1ccc(N(C)Cc2csc(Br)c2)c(Cl)c1. The van der Waals surface area contributed by atoms with Gasteiger partial charge in [0.15, 0.2) is 0 Å². The summed E-state index contributed by atoms with van der Waals surface area (Å²) in [5.41, 5.74) is 3.05. The van der Waals surface area contributed by atoms with Crippen molar-refractivity contribution in [2.75, 3.05) is 11.9 Å². The van der Waals surface area contributed by atoms with Gasteiger partial charge < -0.3 is 10.0 Å². The van der Waals surface area contributed by atoms with Gasteiger partial charge in [0.1, 0.15) is 0 Å². The summed E-state index contributed by atoms with van der Waals surface area (Å²) >= 11 is 11.4. The lowest BCUT2D eigenvalue weighted by molar-refractivity contribution is 0.199. The molecule has 2 nitrogen and oxygen atoms in total. The van der Waals surface area contributed by atoms with Crippen LogP contribution in [0.5, 0.6) is 0 Å². The zero-order chi connectivity index (χ0) is 14.0. The number of nitrogens with zero attached hydrogens (tertiary/aromatic N) is 1. The minimum atomic E-state index is -0.496. The van der Waals surface area contributed by atoms with Crippen LogP contribution < -0.4 is 4.90 Å². The van der Waals surface area contributed by atoms with Gasteiger partial charge in [0.2, 0.25) is 0 Å². The summed E-state index contributed by atoms with van der Waals surface area (Å²) in [7, 11) is 2.01. The molecule has 1 atom stereocenters. The van der Waals surface area contributed by atoms with Gasteiger partial charge in [-0.2, -0.15) is 0 Å². The Labute approximate surface area is 130 Å². The van der Waals surface area contributed by atoms with Crippen LogP contribution in [0.1, 0.15) is 24.2 Å². The van der Waals surface area contributed by atoms with Gasteiger partial charge in [-0.15, -0.1) is 11.3 Å². The first kappa shape index (κ1) is 14.9. The first-order chi connectivity index (χ1) is 8.97. The van der Waals surface area contributed by atoms with Gasteiger partial charge in [-0.05, 0) is 57.6 Å². The van der Waals surface area contributed by atoms with Gasteiger partial charge in [-0.3, -0.25) is 0 Å². The number of benzene rings is 1. The molecule has 0 fully saturated rings. The van der Waals surface area contributed by atoms with Crippen molar-refractivity contribution in [1.82, 2.24) is 0 Å². The highest BCUT2D eigenvalue weighted by molar-refractivity contribution is 9.11. The van der Waals surface area contributed by atoms with Crippen molar-refractivity contribution in [3.63, 3.8) is 0 Å². The molecule has 1 N–H and O–H groups in total. The molecule has 0 aliphatic heterocycles. The average molecular weight is 361 g/mol. The van der Waals surface area contributed by atoms with Gasteiger partial charge in [0.25, 0.3) is 0 Å². The maximum Gasteiger partial charge on any atom is 0.0762 e. The maximum absolute atomic E-state index is 9.54. The number of rotatable bonds is 4. The normalized spacial score (nSPS) is 12.5. The summed E-state index contributed by atoms with van der Waals surface area (Å²) in [6.45, 7) is 2.54. The van der Waals surface area contributed by atoms with Crippen LogP contribution in [0.15, 0.2) is 33.4 Å². The van der Waals surface area contributed by atoms with Crippen LogP contribution in [0, 0.1) is 0 Å². The van der Waals surface area contributed by atoms with E-state index < -0.39 is 6.10 Å². The fourth-order valence-corrected chi connectivity index (χ4v) is 3.41. The highest BCUT2D eigenvalue weighted by atomic mass is 79.9. The first-order valence-electron chi connectivity index (χ1n) is 5.89. The molecule has 1 aromatic carbocycles. The van der Waals surface area contributed by atoms with Crippen molar-refractivity contribution in [1.29, 1.82) is 0 Å². The summed E-state index contributed by atoms with van der Waals surface area (Å²) in [5, 5.41) is 12.3. The van der Waals surface area contributed by atoms with Crippen molar-refractivity contribution in [2.45, 2.75) is 19.6 Å². The monoisotopic (exact) mass is 359 g/mol. The molecule has 0 aliphatic rings. The number of anilines is 1. The number of aliphatic hydroxyl groups is 1. The third-order valence-electron chi connectivity index (χ3n) is 2.91. The van der Waals surface area contributed by atoms with E-state index in [4.69, 9.17) is 11.6 Å². The Balaban J connectivity index is 2.17. The lowest BCUT2D eigenvalue weighted by atomic mass is 10.1. The van der Waals surface area contributed by atoms with Crippen molar-refractivity contribution >= 4 is 44.6 Å². The smallest absolute Gasteiger partial charge is 0.0762 e. The van der Waals surface area contributed by atoms with Gasteiger partial charge in [0, 0.05) is 13.6 Å². The molecule has 0 aliphatic carbocycles. The Hall–Kier alpha value is -0.550. The quantitative estimate of drug-likeness (QED) is 0.842. The summed E-state index contributed by atoms with van der Waals surface area (Å²) in [5.74, 6) is 0. The van der Waals surface area contributed by atoms with E-state index in [0.717, 1.165) is 21.6 Å². The Morgan fingerprint density at radius 3 is 2.68 bits per heavy atom. The van der Waals surface area contributed by atoms with Crippen molar-refractivity contribution < 1.29 is 5.11 Å². The lowest BCUT2D eigenvalue weighted by Crippen LogP contribution is -2.16. The molecule has 0 amide bonds. The van der Waals surface area contributed by atoms with Gasteiger partial charge in [-0.25, -0.2) is 0 Å². The van der Waals surface area contributed by atoms with Crippen molar-refractivity contribution in [3.05, 3.63) is 49.6 Å². The van der Waals surface area contributed by atoms with Crippen LogP contribution >= 0.6 is 38.9 Å². The Bertz CT molecular complexity index is 570. The standard InChI is InChI=1S/C14H15BrClNOS/c1-9(18)11-3-4-13(12(16)6-11)17(2)7-10-5-14(15)19-8-10/h3-6,8-9,18H,7H2,1-2H3/t9-/m1/s1. The van der Waals surface area contributed by atoms with Crippen molar-refractivity contribution in [2.24, 2.45) is 0 Å². The number of aliphatic hydroxyl groups excluding tert-OH is 1. The second-order valence-corrected chi connectivity index (χ2v) is 7.20. The Kier molecular flexibility index (Phi) is 4.90. The molecule has 0 unspecified atom stereocenters. The number of hydrogen-bond acceptors (Lipinski definition) is 3. The topological polar surface area (TPSA) is 23.5 Å². The maximum atomic E-state index is 9.54. The molecule has 102 valence electrons. The van der Waals surface area contributed by atoms with E-state index >= 15 is 0 Å². The van der Waals surface area contributed by atoms with Gasteiger partial charge in [0.05, 0.1) is 20.6 Å². The van der Waals surface area contributed by atoms with Crippen LogP contribution in [-0.4, -0.2) is 12.2 Å². The molecule has 1 aromatic heterocycles. The van der Waals surface area contributed by atoms with Crippen LogP contribution in [0.25, 0.3) is 0 Å². The fourth-order valence-electron chi connectivity index (χ4n) is 1.88. The number of halogens is 2. The predicted octanol–water partition coefficient (Wildman–Crippen LogP) is 4.85. The molecular formula is C14H15BrClNOS. The molecule has 2 rings (SSSR count). The number of hydrogen-bond donors (Lipinski definition) is 1. The molecule has 2 aromatic rings. The first-order valence-corrected chi connectivity index (χ1v) is 7.94. The Morgan fingerprint density at radius 1 is 1.42 bits per heavy atom. The van der Waals surface area contributed by atoms with E-state index in [1.807, 2.05) is 25.2 Å². The summed E-state index contributed by atoms with van der Waals surface area (Å²) in [4.78, 5) is 2.10. The summed E-state index contributed by atoms with van der Waals surface area (Å²) in [6.07, 6.45) is -0.496. The van der Waals surface area contributed by atoms with Gasteiger partial charge in [-0.1, -0.05) is 17.7 Å². The molecule has 19 heavy (non-hydrogen) atoms. The zero-order valence-electron chi connectivity index (χ0n) is 10.7. The van der Waals surface area contributed by atoms with E-state index in [0.29, 0.717) is 5.02 Å². The highest BCUT2D eigenvalue weighted by Gasteiger charge is 2.10. The lowest BCUT2D eigenvalue weighted by Gasteiger charge is -2.21. The number of thiophene rings is 1. The molecule has 5 heteroatoms. The highest BCUT2D eigenvalue weighted by Crippen LogP contribution is 2.30. The molecule has 0 saturated carbocycles. The molecule has 1 heterocycles. The largest absolute Gasteiger partial charge is 0.389 e. The van der Waals surface area contributed by atoms with E-state index in [9.17, 15) is 5.11 Å². The zero-order valence-corrected chi connectivity index (χ0v) is 13.9. The second-order valence-electron chi connectivity index (χ2n) is 4.50. The Morgan fingerprint density at radius 2 is 2.16 bits per heavy atom. The van der Waals surface area contributed by atoms with E-state index in [1.165, 1.54) is 5.56 Å².